The van der Waals surface area contributed by atoms with Gasteiger partial charge in [0.2, 0.25) is 0 Å². The number of carbonyl (C=O) groups excluding carboxylic acids is 1. The van der Waals surface area contributed by atoms with Gasteiger partial charge in [-0.1, -0.05) is 103 Å². The summed E-state index contributed by atoms with van der Waals surface area (Å²) in [5.41, 5.74) is 7.24. The lowest BCUT2D eigenvalue weighted by molar-refractivity contribution is -0.144. The van der Waals surface area contributed by atoms with Gasteiger partial charge >= 0.3 is 12.1 Å². The molecule has 1 amide bonds. The summed E-state index contributed by atoms with van der Waals surface area (Å²) in [5, 5.41) is 10.3. The average molecular weight is 476 g/mol. The van der Waals surface area contributed by atoms with Gasteiger partial charge in [-0.25, -0.2) is 9.59 Å². The summed E-state index contributed by atoms with van der Waals surface area (Å²) in [5.74, 6) is -1.63. The van der Waals surface area contributed by atoms with Crippen LogP contribution in [0.1, 0.15) is 39.7 Å². The number of rotatable bonds is 4. The van der Waals surface area contributed by atoms with E-state index >= 15 is 0 Å². The van der Waals surface area contributed by atoms with Crippen molar-refractivity contribution in [1.82, 2.24) is 4.90 Å². The minimum absolute atomic E-state index is 0.0911. The molecule has 6 rings (SSSR count). The van der Waals surface area contributed by atoms with Crippen molar-refractivity contribution in [2.24, 2.45) is 0 Å². The number of fused-ring (bicyclic) bond motifs is 4. The Morgan fingerprint density at radius 3 is 1.94 bits per heavy atom. The highest BCUT2D eigenvalue weighted by Gasteiger charge is 2.44. The Bertz CT molecular complexity index is 1400. The summed E-state index contributed by atoms with van der Waals surface area (Å²) in [6.45, 7) is 0.334. The predicted molar refractivity (Wildman–Crippen MR) is 137 cm³/mol. The molecule has 4 aromatic carbocycles. The van der Waals surface area contributed by atoms with Crippen LogP contribution in [0.4, 0.5) is 4.79 Å². The summed E-state index contributed by atoms with van der Waals surface area (Å²) in [6.07, 6.45) is -0.611. The van der Waals surface area contributed by atoms with Crippen LogP contribution in [0.3, 0.4) is 0 Å². The third-order valence-corrected chi connectivity index (χ3v) is 7.36. The Morgan fingerprint density at radius 1 is 0.750 bits per heavy atom. The van der Waals surface area contributed by atoms with E-state index in [1.807, 2.05) is 78.9 Å². The third-order valence-electron chi connectivity index (χ3n) is 7.36. The maximum atomic E-state index is 13.5. The summed E-state index contributed by atoms with van der Waals surface area (Å²) < 4.78 is 5.88. The second kappa shape index (κ2) is 9.00. The smallest absolute Gasteiger partial charge is 0.410 e. The third kappa shape index (κ3) is 3.64. The lowest BCUT2D eigenvalue weighted by atomic mass is 9.79. The molecule has 1 N–H and O–H groups in total. The summed E-state index contributed by atoms with van der Waals surface area (Å²) in [7, 11) is 0. The van der Waals surface area contributed by atoms with Gasteiger partial charge in [-0.15, -0.1) is 0 Å². The van der Waals surface area contributed by atoms with Crippen molar-refractivity contribution in [3.8, 4) is 11.1 Å². The number of carbonyl (C=O) groups is 2. The van der Waals surface area contributed by atoms with Crippen LogP contribution < -0.4 is 0 Å². The molecule has 0 saturated carbocycles. The van der Waals surface area contributed by atoms with Gasteiger partial charge < -0.3 is 9.84 Å². The predicted octanol–water partition coefficient (Wildman–Crippen LogP) is 6.04. The van der Waals surface area contributed by atoms with Gasteiger partial charge in [0.15, 0.2) is 0 Å². The number of carboxylic acid groups (broad SMARTS) is 1. The Labute approximate surface area is 209 Å². The Morgan fingerprint density at radius 2 is 1.31 bits per heavy atom. The lowest BCUT2D eigenvalue weighted by Gasteiger charge is -2.39. The molecule has 178 valence electrons. The van der Waals surface area contributed by atoms with Crippen LogP contribution in [0.15, 0.2) is 103 Å². The first-order valence-electron chi connectivity index (χ1n) is 12.1. The largest absolute Gasteiger partial charge is 0.480 e. The number of hydrogen-bond acceptors (Lipinski definition) is 3. The van der Waals surface area contributed by atoms with Crippen LogP contribution in [0.2, 0.25) is 0 Å². The molecule has 0 spiro atoms. The molecule has 2 atom stereocenters. The maximum Gasteiger partial charge on any atom is 0.410 e. The number of benzene rings is 4. The first-order valence-corrected chi connectivity index (χ1v) is 12.1. The molecule has 1 heterocycles. The van der Waals surface area contributed by atoms with Crippen LogP contribution in [0.5, 0.6) is 0 Å². The van der Waals surface area contributed by atoms with Gasteiger partial charge in [0.1, 0.15) is 12.6 Å². The first kappa shape index (κ1) is 22.1. The molecule has 0 bridgehead atoms. The quantitative estimate of drug-likeness (QED) is 0.391. The van der Waals surface area contributed by atoms with Crippen molar-refractivity contribution in [2.75, 3.05) is 6.61 Å². The second-order valence-electron chi connectivity index (χ2n) is 9.30. The molecule has 36 heavy (non-hydrogen) atoms. The molecule has 1 aliphatic heterocycles. The number of nitrogens with zero attached hydrogens (tertiary/aromatic N) is 1. The van der Waals surface area contributed by atoms with E-state index in [9.17, 15) is 14.7 Å². The van der Waals surface area contributed by atoms with E-state index in [0.29, 0.717) is 0 Å². The highest BCUT2D eigenvalue weighted by Crippen LogP contribution is 2.45. The molecule has 0 saturated heterocycles. The monoisotopic (exact) mass is 475 g/mol. The number of carboxylic acids is 1. The van der Waals surface area contributed by atoms with Crippen molar-refractivity contribution in [3.63, 3.8) is 0 Å². The van der Waals surface area contributed by atoms with Gasteiger partial charge in [-0.2, -0.15) is 0 Å². The molecule has 2 aliphatic rings. The Balaban J connectivity index is 1.32. The molecular weight excluding hydrogens is 450 g/mol. The first-order chi connectivity index (χ1) is 17.6. The minimum atomic E-state index is -1.07. The van der Waals surface area contributed by atoms with Crippen molar-refractivity contribution in [3.05, 3.63) is 131 Å². The summed E-state index contributed by atoms with van der Waals surface area (Å²) in [4.78, 5) is 27.5. The van der Waals surface area contributed by atoms with Gasteiger partial charge in [0, 0.05) is 11.8 Å². The molecule has 4 aromatic rings. The van der Waals surface area contributed by atoms with Crippen molar-refractivity contribution < 1.29 is 19.4 Å². The molecule has 0 radical (unpaired) electrons. The highest BCUT2D eigenvalue weighted by molar-refractivity contribution is 5.83. The molecular formula is C31H25NO4. The minimum Gasteiger partial charge on any atom is -0.480 e. The molecule has 5 nitrogen and oxygen atoms in total. The van der Waals surface area contributed by atoms with Crippen molar-refractivity contribution in [1.29, 1.82) is 0 Å². The maximum absolute atomic E-state index is 13.5. The van der Waals surface area contributed by atoms with Crippen molar-refractivity contribution in [2.45, 2.75) is 24.4 Å². The topological polar surface area (TPSA) is 66.8 Å². The van der Waals surface area contributed by atoms with Gasteiger partial charge in [-0.05, 0) is 38.9 Å². The van der Waals surface area contributed by atoms with E-state index in [4.69, 9.17) is 4.74 Å². The molecule has 1 aliphatic carbocycles. The van der Waals surface area contributed by atoms with E-state index in [1.165, 1.54) is 4.90 Å². The standard InChI is InChI=1S/C31H25NO4/c33-30(34)29-28(20-10-2-1-3-11-20)22-13-5-4-12-21(22)18-32(29)31(35)36-19-27-25-16-8-6-14-23(25)24-15-7-9-17-26(24)27/h1-17,27-29H,18-19H2,(H,33,34)/t28-,29+/m1/s1. The number of ether oxygens (including phenoxy) is 1. The van der Waals surface area contributed by atoms with Crippen LogP contribution in [-0.4, -0.2) is 34.7 Å². The number of aliphatic carboxylic acids is 1. The second-order valence-corrected chi connectivity index (χ2v) is 9.30. The van der Waals surface area contributed by atoms with E-state index in [1.54, 1.807) is 0 Å². The number of amides is 1. The van der Waals surface area contributed by atoms with E-state index in [2.05, 4.69) is 24.3 Å². The normalized spacial score (nSPS) is 18.2. The summed E-state index contributed by atoms with van der Waals surface area (Å²) >= 11 is 0. The van der Waals surface area contributed by atoms with Gasteiger partial charge in [0.25, 0.3) is 0 Å². The average Bonchev–Trinajstić information content (AvgIpc) is 3.24. The van der Waals surface area contributed by atoms with E-state index < -0.39 is 24.0 Å². The van der Waals surface area contributed by atoms with E-state index in [-0.39, 0.29) is 19.1 Å². The zero-order valence-electron chi connectivity index (χ0n) is 19.6. The molecule has 0 unspecified atom stereocenters. The zero-order valence-corrected chi connectivity index (χ0v) is 19.6. The van der Waals surface area contributed by atoms with Crippen LogP contribution in [0, 0.1) is 0 Å². The molecule has 0 fully saturated rings. The molecule has 0 aromatic heterocycles. The lowest BCUT2D eigenvalue weighted by Crippen LogP contribution is -2.51. The molecule has 5 heteroatoms. The SMILES string of the molecule is O=C(O)[C@@H]1[C@H](c2ccccc2)c2ccccc2CN1C(=O)OCC1c2ccccc2-c2ccccc21. The number of hydrogen-bond donors (Lipinski definition) is 1. The fourth-order valence-corrected chi connectivity index (χ4v) is 5.77. The van der Waals surface area contributed by atoms with Gasteiger partial charge in [-0.3, -0.25) is 4.90 Å². The van der Waals surface area contributed by atoms with Crippen LogP contribution in [0.25, 0.3) is 11.1 Å². The Hall–Kier alpha value is -4.38. The fraction of sp³-hybridized carbons (Fsp3) is 0.161. The zero-order chi connectivity index (χ0) is 24.6. The van der Waals surface area contributed by atoms with Gasteiger partial charge in [0.05, 0.1) is 6.54 Å². The Kier molecular flexibility index (Phi) is 5.53. The van der Waals surface area contributed by atoms with Crippen molar-refractivity contribution >= 4 is 12.1 Å². The summed E-state index contributed by atoms with van der Waals surface area (Å²) in [6, 6.07) is 32.5. The van der Waals surface area contributed by atoms with Crippen LogP contribution in [-0.2, 0) is 16.1 Å². The highest BCUT2D eigenvalue weighted by atomic mass is 16.6. The van der Waals surface area contributed by atoms with Crippen LogP contribution >= 0.6 is 0 Å². The van der Waals surface area contributed by atoms with E-state index in [0.717, 1.165) is 38.9 Å². The fourth-order valence-electron chi connectivity index (χ4n) is 5.77.